The summed E-state index contributed by atoms with van der Waals surface area (Å²) in [4.78, 5) is 11.1. The second kappa shape index (κ2) is 4.42. The number of methoxy groups -OCH3 is 1. The minimum absolute atomic E-state index is 0.400. The van der Waals surface area contributed by atoms with Crippen LogP contribution in [0.4, 0.5) is 0 Å². The Bertz CT molecular complexity index is 212. The van der Waals surface area contributed by atoms with Crippen LogP contribution in [-0.2, 0) is 9.53 Å². The van der Waals surface area contributed by atoms with E-state index in [1.165, 1.54) is 7.11 Å². The summed E-state index contributed by atoms with van der Waals surface area (Å²) >= 11 is 0. The van der Waals surface area contributed by atoms with E-state index in [-0.39, 0.29) is 0 Å². The van der Waals surface area contributed by atoms with Crippen LogP contribution in [0.3, 0.4) is 0 Å². The first kappa shape index (κ1) is 12.2. The Morgan fingerprint density at radius 2 is 2.00 bits per heavy atom. The number of esters is 1. The van der Waals surface area contributed by atoms with Gasteiger partial charge in [0.2, 0.25) is 0 Å². The van der Waals surface area contributed by atoms with Crippen LogP contribution in [0.1, 0.15) is 27.7 Å². The van der Waals surface area contributed by atoms with E-state index in [2.05, 4.69) is 4.74 Å². The molecule has 0 rings (SSSR count). The third-order valence-electron chi connectivity index (χ3n) is 2.01. The molecule has 0 saturated heterocycles. The molecule has 2 atom stereocenters. The molecule has 13 heavy (non-hydrogen) atoms. The molecule has 0 heterocycles. The highest BCUT2D eigenvalue weighted by molar-refractivity contribution is 5.73. The van der Waals surface area contributed by atoms with Crippen molar-refractivity contribution in [3.05, 3.63) is 11.6 Å². The van der Waals surface area contributed by atoms with Crippen LogP contribution in [0.2, 0.25) is 0 Å². The van der Waals surface area contributed by atoms with Crippen LogP contribution in [-0.4, -0.2) is 23.8 Å². The smallest absolute Gasteiger partial charge is 0.311 e. The van der Waals surface area contributed by atoms with Crippen molar-refractivity contribution >= 4 is 5.97 Å². The molecule has 3 heteroatoms. The second-order valence-corrected chi connectivity index (χ2v) is 3.69. The molecule has 76 valence electrons. The molecule has 0 bridgehead atoms. The number of carbonyl (C=O) groups is 1. The Hall–Kier alpha value is -0.830. The van der Waals surface area contributed by atoms with E-state index >= 15 is 0 Å². The van der Waals surface area contributed by atoms with Gasteiger partial charge in [-0.3, -0.25) is 4.79 Å². The maximum Gasteiger partial charge on any atom is 0.311 e. The Morgan fingerprint density at radius 1 is 1.54 bits per heavy atom. The van der Waals surface area contributed by atoms with E-state index in [9.17, 15) is 9.90 Å². The molecule has 0 aromatic heterocycles. The van der Waals surface area contributed by atoms with Crippen LogP contribution in [0.15, 0.2) is 11.6 Å². The average molecular weight is 186 g/mol. The number of carbonyl (C=O) groups excluding carboxylic acids is 1. The van der Waals surface area contributed by atoms with Gasteiger partial charge in [-0.1, -0.05) is 11.6 Å². The van der Waals surface area contributed by atoms with E-state index in [0.717, 1.165) is 5.57 Å². The van der Waals surface area contributed by atoms with Gasteiger partial charge in [0.1, 0.15) is 0 Å². The quantitative estimate of drug-likeness (QED) is 0.537. The number of allylic oxidation sites excluding steroid dienone is 1. The van der Waals surface area contributed by atoms with E-state index in [4.69, 9.17) is 0 Å². The standard InChI is InChI=1S/C10H18O3/c1-7(2)6-10(4,12)8(3)9(11)13-5/h6,8,12H,1-5H3. The molecular formula is C10H18O3. The summed E-state index contributed by atoms with van der Waals surface area (Å²) in [5.74, 6) is -0.949. The second-order valence-electron chi connectivity index (χ2n) is 3.69. The normalized spacial score (nSPS) is 17.1. The van der Waals surface area contributed by atoms with Gasteiger partial charge < -0.3 is 9.84 Å². The zero-order chi connectivity index (χ0) is 10.6. The molecule has 3 nitrogen and oxygen atoms in total. The molecule has 1 N–H and O–H groups in total. The summed E-state index contributed by atoms with van der Waals surface area (Å²) in [5.41, 5.74) is -0.160. The fraction of sp³-hybridized carbons (Fsp3) is 0.700. The van der Waals surface area contributed by atoms with Crippen LogP contribution in [0, 0.1) is 5.92 Å². The van der Waals surface area contributed by atoms with Crippen molar-refractivity contribution in [3.63, 3.8) is 0 Å². The van der Waals surface area contributed by atoms with Crippen LogP contribution >= 0.6 is 0 Å². The van der Waals surface area contributed by atoms with Gasteiger partial charge in [0.25, 0.3) is 0 Å². The minimum atomic E-state index is -1.13. The van der Waals surface area contributed by atoms with Crippen molar-refractivity contribution < 1.29 is 14.6 Å². The van der Waals surface area contributed by atoms with E-state index in [0.29, 0.717) is 0 Å². The molecule has 0 aromatic carbocycles. The molecule has 2 unspecified atom stereocenters. The summed E-state index contributed by atoms with van der Waals surface area (Å²) in [5, 5.41) is 9.88. The molecule has 0 radical (unpaired) electrons. The SMILES string of the molecule is COC(=O)C(C)C(C)(O)C=C(C)C. The Morgan fingerprint density at radius 3 is 2.31 bits per heavy atom. The summed E-state index contributed by atoms with van der Waals surface area (Å²) < 4.78 is 4.55. The van der Waals surface area contributed by atoms with Gasteiger partial charge in [0.15, 0.2) is 0 Å². The van der Waals surface area contributed by atoms with Crippen molar-refractivity contribution in [2.45, 2.75) is 33.3 Å². The highest BCUT2D eigenvalue weighted by Crippen LogP contribution is 2.21. The van der Waals surface area contributed by atoms with Crippen LogP contribution in [0.5, 0.6) is 0 Å². The zero-order valence-corrected chi connectivity index (χ0v) is 8.92. The van der Waals surface area contributed by atoms with E-state index < -0.39 is 17.5 Å². The lowest BCUT2D eigenvalue weighted by molar-refractivity contribution is -0.150. The van der Waals surface area contributed by atoms with Gasteiger partial charge in [-0.05, 0) is 27.7 Å². The lowest BCUT2D eigenvalue weighted by Gasteiger charge is -2.25. The third-order valence-corrected chi connectivity index (χ3v) is 2.01. The van der Waals surface area contributed by atoms with E-state index in [1.54, 1.807) is 19.9 Å². The predicted molar refractivity (Wildman–Crippen MR) is 51.2 cm³/mol. The fourth-order valence-electron chi connectivity index (χ4n) is 1.12. The van der Waals surface area contributed by atoms with Gasteiger partial charge in [-0.15, -0.1) is 0 Å². The average Bonchev–Trinajstić information content (AvgIpc) is 1.99. The molecule has 0 aliphatic heterocycles. The molecule has 0 aliphatic carbocycles. The highest BCUT2D eigenvalue weighted by Gasteiger charge is 2.32. The van der Waals surface area contributed by atoms with Gasteiger partial charge in [0, 0.05) is 0 Å². The Kier molecular flexibility index (Phi) is 4.14. The maximum absolute atomic E-state index is 11.1. The number of hydrogen-bond acceptors (Lipinski definition) is 3. The molecule has 0 fully saturated rings. The molecule has 0 aromatic rings. The summed E-state index contributed by atoms with van der Waals surface area (Å²) in [6.45, 7) is 6.99. The predicted octanol–water partition coefficient (Wildman–Crippen LogP) is 1.51. The lowest BCUT2D eigenvalue weighted by Crippen LogP contribution is -2.36. The van der Waals surface area contributed by atoms with Crippen molar-refractivity contribution in [1.82, 2.24) is 0 Å². The molecule has 0 amide bonds. The molecule has 0 spiro atoms. The summed E-state index contributed by atoms with van der Waals surface area (Å²) in [7, 11) is 1.32. The topological polar surface area (TPSA) is 46.5 Å². The molecular weight excluding hydrogens is 168 g/mol. The lowest BCUT2D eigenvalue weighted by atomic mass is 9.89. The Balaban J connectivity index is 4.63. The monoisotopic (exact) mass is 186 g/mol. The fourth-order valence-corrected chi connectivity index (χ4v) is 1.12. The number of hydrogen-bond donors (Lipinski definition) is 1. The van der Waals surface area contributed by atoms with Crippen LogP contribution < -0.4 is 0 Å². The summed E-state index contributed by atoms with van der Waals surface area (Å²) in [6.07, 6.45) is 1.66. The van der Waals surface area contributed by atoms with Crippen molar-refractivity contribution in [2.24, 2.45) is 5.92 Å². The first-order valence-electron chi connectivity index (χ1n) is 4.27. The van der Waals surface area contributed by atoms with Crippen molar-refractivity contribution in [1.29, 1.82) is 0 Å². The van der Waals surface area contributed by atoms with Crippen molar-refractivity contribution in [2.75, 3.05) is 7.11 Å². The number of ether oxygens (including phenoxy) is 1. The zero-order valence-electron chi connectivity index (χ0n) is 8.92. The maximum atomic E-state index is 11.1. The third kappa shape index (κ3) is 3.59. The highest BCUT2D eigenvalue weighted by atomic mass is 16.5. The molecule has 0 saturated carbocycles. The van der Waals surface area contributed by atoms with Gasteiger partial charge in [-0.25, -0.2) is 0 Å². The largest absolute Gasteiger partial charge is 0.469 e. The number of rotatable bonds is 3. The van der Waals surface area contributed by atoms with E-state index in [1.807, 2.05) is 13.8 Å². The van der Waals surface area contributed by atoms with Crippen molar-refractivity contribution in [3.8, 4) is 0 Å². The van der Waals surface area contributed by atoms with Gasteiger partial charge >= 0.3 is 5.97 Å². The van der Waals surface area contributed by atoms with Gasteiger partial charge in [0.05, 0.1) is 18.6 Å². The Labute approximate surface area is 79.4 Å². The minimum Gasteiger partial charge on any atom is -0.469 e. The first-order chi connectivity index (χ1) is 5.81. The first-order valence-corrected chi connectivity index (χ1v) is 4.27. The number of aliphatic hydroxyl groups is 1. The van der Waals surface area contributed by atoms with Crippen LogP contribution in [0.25, 0.3) is 0 Å². The van der Waals surface area contributed by atoms with Gasteiger partial charge in [-0.2, -0.15) is 0 Å². The molecule has 0 aliphatic rings. The summed E-state index contributed by atoms with van der Waals surface area (Å²) in [6, 6.07) is 0.